The van der Waals surface area contributed by atoms with Gasteiger partial charge in [-0.2, -0.15) is 0 Å². The Bertz CT molecular complexity index is 493. The molecule has 0 saturated heterocycles. The third-order valence-corrected chi connectivity index (χ3v) is 2.87. The molecule has 0 unspecified atom stereocenters. The summed E-state index contributed by atoms with van der Waals surface area (Å²) in [7, 11) is 0. The van der Waals surface area contributed by atoms with Crippen LogP contribution >= 0.6 is 0 Å². The topological polar surface area (TPSA) is 79.4 Å². The Balaban J connectivity index is 1.99. The van der Waals surface area contributed by atoms with Gasteiger partial charge in [-0.3, -0.25) is 24.3 Å². The maximum atomic E-state index is 12.0. The number of hydrogen-bond acceptors (Lipinski definition) is 4. The summed E-state index contributed by atoms with van der Waals surface area (Å²) in [4.78, 5) is 40.4. The van der Waals surface area contributed by atoms with E-state index in [0.717, 1.165) is 11.3 Å². The molecule has 0 atom stereocenters. The number of imide groups is 1. The summed E-state index contributed by atoms with van der Waals surface area (Å²) >= 11 is 0. The molecule has 1 N–H and O–H groups in total. The second-order valence-electron chi connectivity index (χ2n) is 4.26. The van der Waals surface area contributed by atoms with Crippen molar-refractivity contribution in [3.8, 4) is 0 Å². The molecule has 2 rings (SSSR count). The van der Waals surface area contributed by atoms with E-state index in [-0.39, 0.29) is 30.5 Å². The van der Waals surface area contributed by atoms with Gasteiger partial charge in [-0.05, 0) is 18.6 Å². The summed E-state index contributed by atoms with van der Waals surface area (Å²) in [5.41, 5.74) is 0.475. The second kappa shape index (κ2) is 5.60. The molecule has 0 fully saturated rings. The van der Waals surface area contributed by atoms with Crippen LogP contribution in [0.25, 0.3) is 0 Å². The van der Waals surface area contributed by atoms with Crippen LogP contribution < -0.4 is 5.32 Å². The summed E-state index contributed by atoms with van der Waals surface area (Å²) in [6.07, 6.45) is 2.44. The number of nitrogens with zero attached hydrogens (tertiary/aromatic N) is 2. The van der Waals surface area contributed by atoms with E-state index in [1.54, 1.807) is 12.1 Å². The van der Waals surface area contributed by atoms with Gasteiger partial charge in [0.05, 0.1) is 5.56 Å². The first-order valence-corrected chi connectivity index (χ1v) is 6.23. The van der Waals surface area contributed by atoms with Crippen molar-refractivity contribution in [1.82, 2.24) is 15.2 Å². The highest BCUT2D eigenvalue weighted by molar-refractivity contribution is 6.20. The maximum Gasteiger partial charge on any atom is 0.280 e. The lowest BCUT2D eigenvalue weighted by atomic mass is 10.2. The van der Waals surface area contributed by atoms with Gasteiger partial charge in [0.2, 0.25) is 5.91 Å². The normalized spacial score (nSPS) is 13.6. The van der Waals surface area contributed by atoms with Gasteiger partial charge in [-0.1, -0.05) is 6.92 Å². The molecule has 1 aliphatic heterocycles. The summed E-state index contributed by atoms with van der Waals surface area (Å²) in [5, 5.41) is 2.70. The number of carbonyl (C=O) groups excluding carboxylic acids is 3. The van der Waals surface area contributed by atoms with Gasteiger partial charge in [-0.25, -0.2) is 0 Å². The fourth-order valence-electron chi connectivity index (χ4n) is 1.88. The number of fused-ring (bicyclic) bond motifs is 1. The Morgan fingerprint density at radius 2 is 2.16 bits per heavy atom. The number of carbonyl (C=O) groups is 3. The van der Waals surface area contributed by atoms with Gasteiger partial charge in [-0.15, -0.1) is 0 Å². The van der Waals surface area contributed by atoms with Crippen LogP contribution in [0.4, 0.5) is 0 Å². The highest BCUT2D eigenvalue weighted by atomic mass is 16.2. The van der Waals surface area contributed by atoms with E-state index in [1.807, 2.05) is 6.92 Å². The number of nitrogens with one attached hydrogen (secondary N) is 1. The van der Waals surface area contributed by atoms with E-state index in [4.69, 9.17) is 0 Å². The van der Waals surface area contributed by atoms with Gasteiger partial charge in [0.1, 0.15) is 5.69 Å². The molecule has 0 aromatic carbocycles. The Labute approximate surface area is 110 Å². The van der Waals surface area contributed by atoms with E-state index in [1.165, 1.54) is 6.20 Å². The van der Waals surface area contributed by atoms with E-state index in [0.29, 0.717) is 12.1 Å². The average Bonchev–Trinajstić information content (AvgIpc) is 2.67. The average molecular weight is 261 g/mol. The highest BCUT2D eigenvalue weighted by Gasteiger charge is 2.36. The van der Waals surface area contributed by atoms with Crippen LogP contribution in [0.5, 0.6) is 0 Å². The van der Waals surface area contributed by atoms with Crippen LogP contribution in [0.15, 0.2) is 18.3 Å². The molecular weight excluding hydrogens is 246 g/mol. The Kier molecular flexibility index (Phi) is 3.89. The SMILES string of the molecule is CCCNC(=O)CCN1C(=O)c2cccnc2C1=O. The van der Waals surface area contributed by atoms with E-state index in [9.17, 15) is 14.4 Å². The van der Waals surface area contributed by atoms with Crippen molar-refractivity contribution >= 4 is 17.7 Å². The lowest BCUT2D eigenvalue weighted by Gasteiger charge is -2.12. The first-order chi connectivity index (χ1) is 9.15. The van der Waals surface area contributed by atoms with Gasteiger partial charge in [0, 0.05) is 25.7 Å². The molecule has 0 aliphatic carbocycles. The third kappa shape index (κ3) is 2.62. The standard InChI is InChI=1S/C13H15N3O3/c1-2-6-14-10(17)5-8-16-12(18)9-4-3-7-15-11(9)13(16)19/h3-4,7H,2,5-6,8H2,1H3,(H,14,17). The quantitative estimate of drug-likeness (QED) is 0.787. The zero-order valence-electron chi connectivity index (χ0n) is 10.7. The predicted molar refractivity (Wildman–Crippen MR) is 67.5 cm³/mol. The van der Waals surface area contributed by atoms with Crippen molar-refractivity contribution in [2.45, 2.75) is 19.8 Å². The van der Waals surface area contributed by atoms with Gasteiger partial charge in [0.25, 0.3) is 11.8 Å². The lowest BCUT2D eigenvalue weighted by molar-refractivity contribution is -0.121. The molecule has 3 amide bonds. The molecular formula is C13H15N3O3. The molecule has 100 valence electrons. The molecule has 1 aromatic rings. The van der Waals surface area contributed by atoms with Crippen molar-refractivity contribution in [2.24, 2.45) is 0 Å². The molecule has 6 nitrogen and oxygen atoms in total. The Morgan fingerprint density at radius 1 is 1.37 bits per heavy atom. The number of rotatable bonds is 5. The second-order valence-corrected chi connectivity index (χ2v) is 4.26. The van der Waals surface area contributed by atoms with Gasteiger partial charge >= 0.3 is 0 Å². The third-order valence-electron chi connectivity index (χ3n) is 2.87. The largest absolute Gasteiger partial charge is 0.356 e. The zero-order valence-corrected chi connectivity index (χ0v) is 10.7. The summed E-state index contributed by atoms with van der Waals surface area (Å²) in [5.74, 6) is -0.966. The molecule has 6 heteroatoms. The minimum atomic E-state index is -0.427. The van der Waals surface area contributed by atoms with Crippen LogP contribution in [0.1, 0.15) is 40.6 Å². The Morgan fingerprint density at radius 3 is 2.84 bits per heavy atom. The lowest BCUT2D eigenvalue weighted by Crippen LogP contribution is -2.34. The molecule has 0 saturated carbocycles. The molecule has 1 aromatic heterocycles. The number of hydrogen-bond donors (Lipinski definition) is 1. The zero-order chi connectivity index (χ0) is 13.8. The molecule has 1 aliphatic rings. The molecule has 2 heterocycles. The molecule has 0 spiro atoms. The summed E-state index contributed by atoms with van der Waals surface area (Å²) < 4.78 is 0. The van der Waals surface area contributed by atoms with E-state index in [2.05, 4.69) is 10.3 Å². The molecule has 0 radical (unpaired) electrons. The number of pyridine rings is 1. The van der Waals surface area contributed by atoms with E-state index < -0.39 is 5.91 Å². The van der Waals surface area contributed by atoms with Crippen LogP contribution in [0.3, 0.4) is 0 Å². The van der Waals surface area contributed by atoms with Crippen molar-refractivity contribution in [1.29, 1.82) is 0 Å². The van der Waals surface area contributed by atoms with Gasteiger partial charge in [0.15, 0.2) is 0 Å². The van der Waals surface area contributed by atoms with Crippen molar-refractivity contribution in [3.63, 3.8) is 0 Å². The van der Waals surface area contributed by atoms with Crippen molar-refractivity contribution in [3.05, 3.63) is 29.6 Å². The van der Waals surface area contributed by atoms with Crippen LogP contribution in [0, 0.1) is 0 Å². The smallest absolute Gasteiger partial charge is 0.280 e. The van der Waals surface area contributed by atoms with Crippen LogP contribution in [-0.2, 0) is 4.79 Å². The highest BCUT2D eigenvalue weighted by Crippen LogP contribution is 2.20. The van der Waals surface area contributed by atoms with Crippen LogP contribution in [-0.4, -0.2) is 40.7 Å². The minimum absolute atomic E-state index is 0.0869. The van der Waals surface area contributed by atoms with Crippen molar-refractivity contribution < 1.29 is 14.4 Å². The fraction of sp³-hybridized carbons (Fsp3) is 0.385. The number of aromatic nitrogens is 1. The summed E-state index contributed by atoms with van der Waals surface area (Å²) in [6.45, 7) is 2.64. The fourth-order valence-corrected chi connectivity index (χ4v) is 1.88. The first kappa shape index (κ1) is 13.2. The minimum Gasteiger partial charge on any atom is -0.356 e. The monoisotopic (exact) mass is 261 g/mol. The number of amides is 3. The first-order valence-electron chi connectivity index (χ1n) is 6.23. The van der Waals surface area contributed by atoms with Crippen LogP contribution in [0.2, 0.25) is 0 Å². The maximum absolute atomic E-state index is 12.0. The molecule has 19 heavy (non-hydrogen) atoms. The Hall–Kier alpha value is -2.24. The molecule has 0 bridgehead atoms. The predicted octanol–water partition coefficient (Wildman–Crippen LogP) is 0.594. The van der Waals surface area contributed by atoms with Crippen molar-refractivity contribution in [2.75, 3.05) is 13.1 Å². The summed E-state index contributed by atoms with van der Waals surface area (Å²) in [6, 6.07) is 3.18. The van der Waals surface area contributed by atoms with Gasteiger partial charge < -0.3 is 5.32 Å². The van der Waals surface area contributed by atoms with E-state index >= 15 is 0 Å².